The number of aliphatic hydroxyl groups is 1. The molecule has 1 aromatic heterocycles. The number of carbonyl (C=O) groups excluding carboxylic acids is 2. The summed E-state index contributed by atoms with van der Waals surface area (Å²) in [5, 5.41) is 15.6. The number of aromatic nitrogens is 1. The Morgan fingerprint density at radius 3 is 2.90 bits per heavy atom. The molecule has 0 aliphatic carbocycles. The Labute approximate surface area is 164 Å². The van der Waals surface area contributed by atoms with Crippen LogP contribution in [-0.2, 0) is 4.79 Å². The highest BCUT2D eigenvalue weighted by Crippen LogP contribution is 2.31. The minimum Gasteiger partial charge on any atom is -0.482 e. The van der Waals surface area contributed by atoms with Crippen molar-refractivity contribution >= 4 is 23.2 Å². The monoisotopic (exact) mass is 397 g/mol. The molecule has 9 heteroatoms. The first-order valence-corrected chi connectivity index (χ1v) is 8.70. The van der Waals surface area contributed by atoms with Crippen molar-refractivity contribution in [3.63, 3.8) is 0 Å². The van der Waals surface area contributed by atoms with Crippen molar-refractivity contribution in [3.8, 4) is 5.75 Å². The molecule has 2 heterocycles. The van der Waals surface area contributed by atoms with Crippen LogP contribution in [0.5, 0.6) is 5.75 Å². The molecule has 8 nitrogen and oxygen atoms in total. The number of nitrogens with one attached hydrogen (secondary N) is 2. The zero-order valence-electron chi connectivity index (χ0n) is 15.2. The third-order valence-electron chi connectivity index (χ3n) is 4.33. The number of ether oxygens (including phenoxy) is 1. The van der Waals surface area contributed by atoms with E-state index in [-0.39, 0.29) is 35.4 Å². The van der Waals surface area contributed by atoms with Gasteiger partial charge in [-0.15, -0.1) is 0 Å². The fraction of sp³-hybridized carbons (Fsp3) is 0.150. The van der Waals surface area contributed by atoms with Gasteiger partial charge in [-0.3, -0.25) is 9.59 Å². The van der Waals surface area contributed by atoms with Gasteiger partial charge in [-0.1, -0.05) is 18.2 Å². The second-order valence-corrected chi connectivity index (χ2v) is 6.38. The van der Waals surface area contributed by atoms with Crippen molar-refractivity contribution < 1.29 is 28.2 Å². The van der Waals surface area contributed by atoms with Crippen molar-refractivity contribution in [3.05, 3.63) is 71.2 Å². The Balaban J connectivity index is 1.55. The minimum absolute atomic E-state index is 0.00821. The van der Waals surface area contributed by atoms with Gasteiger partial charge in [0, 0.05) is 11.3 Å². The van der Waals surface area contributed by atoms with Crippen molar-refractivity contribution in [2.45, 2.75) is 13.0 Å². The average molecular weight is 397 g/mol. The standard InChI is InChI=1S/C20H16FN3O5/c1-10-17(24-20(29-10)18(26)12-4-2-3-5-13(12)21)19(27)22-11-6-7-15-14(8-11)23-16(25)9-28-15/h2-8,18,26H,9H2,1H3,(H,22,27)(H,23,25). The van der Waals surface area contributed by atoms with Gasteiger partial charge >= 0.3 is 0 Å². The summed E-state index contributed by atoms with van der Waals surface area (Å²) in [6.45, 7) is 1.45. The van der Waals surface area contributed by atoms with Gasteiger partial charge < -0.3 is 24.9 Å². The van der Waals surface area contributed by atoms with E-state index in [1.165, 1.54) is 25.1 Å². The van der Waals surface area contributed by atoms with E-state index in [0.29, 0.717) is 17.1 Å². The fourth-order valence-corrected chi connectivity index (χ4v) is 2.93. The summed E-state index contributed by atoms with van der Waals surface area (Å²) in [7, 11) is 0. The van der Waals surface area contributed by atoms with E-state index >= 15 is 0 Å². The number of aryl methyl sites for hydroxylation is 1. The van der Waals surface area contributed by atoms with Gasteiger partial charge in [0.15, 0.2) is 18.4 Å². The molecule has 29 heavy (non-hydrogen) atoms. The number of halogens is 1. The number of rotatable bonds is 4. The Morgan fingerprint density at radius 1 is 1.31 bits per heavy atom. The molecule has 2 amide bonds. The quantitative estimate of drug-likeness (QED) is 0.624. The molecule has 0 saturated carbocycles. The number of anilines is 2. The van der Waals surface area contributed by atoms with Crippen LogP contribution in [0.2, 0.25) is 0 Å². The summed E-state index contributed by atoms with van der Waals surface area (Å²) in [6.07, 6.45) is -1.45. The maximum Gasteiger partial charge on any atom is 0.277 e. The molecule has 2 aromatic carbocycles. The highest BCUT2D eigenvalue weighted by Gasteiger charge is 2.25. The summed E-state index contributed by atoms with van der Waals surface area (Å²) < 4.78 is 24.5. The smallest absolute Gasteiger partial charge is 0.277 e. The maximum atomic E-state index is 13.9. The third-order valence-corrected chi connectivity index (χ3v) is 4.33. The highest BCUT2D eigenvalue weighted by molar-refractivity contribution is 6.04. The average Bonchev–Trinajstić information content (AvgIpc) is 3.09. The molecule has 0 fully saturated rings. The molecule has 1 unspecified atom stereocenters. The van der Waals surface area contributed by atoms with E-state index in [0.717, 1.165) is 0 Å². The molecule has 1 aliphatic heterocycles. The number of benzene rings is 2. The Hall–Kier alpha value is -3.72. The normalized spacial score (nSPS) is 13.8. The van der Waals surface area contributed by atoms with Crippen LogP contribution >= 0.6 is 0 Å². The number of nitrogens with zero attached hydrogens (tertiary/aromatic N) is 1. The van der Waals surface area contributed by atoms with Gasteiger partial charge in [0.05, 0.1) is 5.69 Å². The SMILES string of the molecule is Cc1oc(C(O)c2ccccc2F)nc1C(=O)Nc1ccc2c(c1)NC(=O)CO2. The zero-order chi connectivity index (χ0) is 20.5. The lowest BCUT2D eigenvalue weighted by Crippen LogP contribution is -2.25. The Morgan fingerprint density at radius 2 is 2.10 bits per heavy atom. The Kier molecular flexibility index (Phi) is 4.73. The van der Waals surface area contributed by atoms with Crippen LogP contribution in [0.25, 0.3) is 0 Å². The summed E-state index contributed by atoms with van der Waals surface area (Å²) in [5.74, 6) is -1.01. The number of hydrogen-bond donors (Lipinski definition) is 3. The molecule has 4 rings (SSSR count). The lowest BCUT2D eigenvalue weighted by Gasteiger charge is -2.18. The van der Waals surface area contributed by atoms with Gasteiger partial charge in [0.2, 0.25) is 5.89 Å². The highest BCUT2D eigenvalue weighted by atomic mass is 19.1. The van der Waals surface area contributed by atoms with Crippen molar-refractivity contribution in [2.24, 2.45) is 0 Å². The number of hydrogen-bond acceptors (Lipinski definition) is 6. The zero-order valence-corrected chi connectivity index (χ0v) is 15.2. The number of fused-ring (bicyclic) bond motifs is 1. The topological polar surface area (TPSA) is 114 Å². The van der Waals surface area contributed by atoms with Crippen molar-refractivity contribution in [1.82, 2.24) is 4.98 Å². The summed E-state index contributed by atoms with van der Waals surface area (Å²) in [4.78, 5) is 28.1. The lowest BCUT2D eigenvalue weighted by atomic mass is 10.1. The predicted octanol–water partition coefficient (Wildman–Crippen LogP) is 2.79. The van der Waals surface area contributed by atoms with E-state index in [9.17, 15) is 19.1 Å². The summed E-state index contributed by atoms with van der Waals surface area (Å²) in [6, 6.07) is 10.5. The van der Waals surface area contributed by atoms with Gasteiger partial charge in [-0.2, -0.15) is 0 Å². The van der Waals surface area contributed by atoms with Crippen LogP contribution in [0, 0.1) is 12.7 Å². The molecule has 1 aliphatic rings. The third kappa shape index (κ3) is 3.67. The van der Waals surface area contributed by atoms with Crippen LogP contribution in [0.3, 0.4) is 0 Å². The minimum atomic E-state index is -1.45. The molecule has 3 aromatic rings. The molecule has 148 valence electrons. The molecule has 0 saturated heterocycles. The second kappa shape index (κ2) is 7.36. The first kappa shape index (κ1) is 18.6. The summed E-state index contributed by atoms with van der Waals surface area (Å²) >= 11 is 0. The largest absolute Gasteiger partial charge is 0.482 e. The molecular formula is C20H16FN3O5. The van der Waals surface area contributed by atoms with Crippen LogP contribution in [-0.4, -0.2) is 28.5 Å². The number of aliphatic hydroxyl groups excluding tert-OH is 1. The van der Waals surface area contributed by atoms with E-state index < -0.39 is 17.8 Å². The fourth-order valence-electron chi connectivity index (χ4n) is 2.93. The lowest BCUT2D eigenvalue weighted by molar-refractivity contribution is -0.118. The van der Waals surface area contributed by atoms with Crippen molar-refractivity contribution in [2.75, 3.05) is 17.2 Å². The van der Waals surface area contributed by atoms with E-state index in [2.05, 4.69) is 15.6 Å². The van der Waals surface area contributed by atoms with Crippen LogP contribution in [0.1, 0.15) is 33.8 Å². The van der Waals surface area contributed by atoms with E-state index in [1.807, 2.05) is 0 Å². The second-order valence-electron chi connectivity index (χ2n) is 6.38. The Bertz CT molecular complexity index is 1110. The molecule has 3 N–H and O–H groups in total. The van der Waals surface area contributed by atoms with Crippen LogP contribution < -0.4 is 15.4 Å². The number of carbonyl (C=O) groups is 2. The summed E-state index contributed by atoms with van der Waals surface area (Å²) in [5.41, 5.74) is 0.782. The first-order chi connectivity index (χ1) is 13.9. The van der Waals surface area contributed by atoms with E-state index in [4.69, 9.17) is 9.15 Å². The van der Waals surface area contributed by atoms with E-state index in [1.54, 1.807) is 24.3 Å². The molecular weight excluding hydrogens is 381 g/mol. The van der Waals surface area contributed by atoms with Crippen molar-refractivity contribution in [1.29, 1.82) is 0 Å². The molecule has 0 bridgehead atoms. The van der Waals surface area contributed by atoms with Gasteiger partial charge in [0.1, 0.15) is 17.3 Å². The molecule has 1 atom stereocenters. The molecule has 0 spiro atoms. The van der Waals surface area contributed by atoms with Gasteiger partial charge in [-0.05, 0) is 31.2 Å². The van der Waals surface area contributed by atoms with Gasteiger partial charge in [-0.25, -0.2) is 9.37 Å². The molecule has 0 radical (unpaired) electrons. The van der Waals surface area contributed by atoms with Crippen LogP contribution in [0.4, 0.5) is 15.8 Å². The maximum absolute atomic E-state index is 13.9. The predicted molar refractivity (Wildman–Crippen MR) is 100 cm³/mol. The first-order valence-electron chi connectivity index (χ1n) is 8.70. The van der Waals surface area contributed by atoms with Gasteiger partial charge in [0.25, 0.3) is 11.8 Å². The number of amides is 2. The van der Waals surface area contributed by atoms with Crippen LogP contribution in [0.15, 0.2) is 46.9 Å². The number of oxazole rings is 1.